The highest BCUT2D eigenvalue weighted by molar-refractivity contribution is 7.87. The molecule has 0 amide bonds. The van der Waals surface area contributed by atoms with Crippen LogP contribution in [0.4, 0.5) is 4.39 Å². The summed E-state index contributed by atoms with van der Waals surface area (Å²) in [6.45, 7) is 1.28. The van der Waals surface area contributed by atoms with Gasteiger partial charge in [0.15, 0.2) is 0 Å². The zero-order chi connectivity index (χ0) is 15.3. The van der Waals surface area contributed by atoms with Crippen molar-refractivity contribution in [2.45, 2.75) is 38.8 Å². The second-order valence-electron chi connectivity index (χ2n) is 5.27. The van der Waals surface area contributed by atoms with Crippen LogP contribution in [0.15, 0.2) is 18.2 Å². The van der Waals surface area contributed by atoms with Crippen LogP contribution in [-0.4, -0.2) is 25.8 Å². The largest absolute Gasteiger partial charge is 0.326 e. The topological polar surface area (TPSA) is 75.4 Å². The van der Waals surface area contributed by atoms with Crippen molar-refractivity contribution in [3.8, 4) is 0 Å². The first-order chi connectivity index (χ1) is 10.0. The molecular weight excluding hydrogens is 293 g/mol. The molecule has 1 aliphatic heterocycles. The van der Waals surface area contributed by atoms with Gasteiger partial charge in [0.1, 0.15) is 5.82 Å². The number of benzene rings is 1. The second kappa shape index (κ2) is 7.31. The Morgan fingerprint density at radius 2 is 1.86 bits per heavy atom. The van der Waals surface area contributed by atoms with E-state index in [1.54, 1.807) is 12.1 Å². The van der Waals surface area contributed by atoms with Gasteiger partial charge < -0.3 is 5.73 Å². The lowest BCUT2D eigenvalue weighted by Gasteiger charge is -2.20. The van der Waals surface area contributed by atoms with Gasteiger partial charge in [0.05, 0.1) is 0 Å². The summed E-state index contributed by atoms with van der Waals surface area (Å²) in [5.74, 6) is -0.434. The monoisotopic (exact) mass is 315 g/mol. The number of halogens is 1. The lowest BCUT2D eigenvalue weighted by molar-refractivity contribution is 0.414. The fraction of sp³-hybridized carbons (Fsp3) is 0.571. The molecule has 0 aromatic heterocycles. The molecule has 7 heteroatoms. The molecule has 1 aliphatic rings. The summed E-state index contributed by atoms with van der Waals surface area (Å²) in [6.07, 6.45) is 3.86. The number of hydrogen-bond donors (Lipinski definition) is 2. The highest BCUT2D eigenvalue weighted by Gasteiger charge is 2.22. The van der Waals surface area contributed by atoms with E-state index < -0.39 is 16.0 Å². The molecule has 5 nitrogen and oxygen atoms in total. The van der Waals surface area contributed by atoms with Crippen LogP contribution in [0.1, 0.15) is 36.8 Å². The van der Waals surface area contributed by atoms with Crippen molar-refractivity contribution in [3.63, 3.8) is 0 Å². The van der Waals surface area contributed by atoms with Gasteiger partial charge >= 0.3 is 0 Å². The molecule has 1 fully saturated rings. The Morgan fingerprint density at radius 3 is 2.43 bits per heavy atom. The molecular formula is C14H22FN3O2S. The van der Waals surface area contributed by atoms with Crippen LogP contribution < -0.4 is 10.5 Å². The molecule has 0 radical (unpaired) electrons. The van der Waals surface area contributed by atoms with Crippen molar-refractivity contribution in [3.05, 3.63) is 35.1 Å². The molecule has 118 valence electrons. The molecule has 21 heavy (non-hydrogen) atoms. The number of nitrogens with two attached hydrogens (primary N) is 1. The Balaban J connectivity index is 2.00. The van der Waals surface area contributed by atoms with Crippen LogP contribution in [-0.2, 0) is 23.3 Å². The summed E-state index contributed by atoms with van der Waals surface area (Å²) in [4.78, 5) is 0. The third kappa shape index (κ3) is 4.47. The summed E-state index contributed by atoms with van der Waals surface area (Å²) in [5, 5.41) is 0. The molecule has 3 N–H and O–H groups in total. The summed E-state index contributed by atoms with van der Waals surface area (Å²) < 4.78 is 42.2. The molecule has 2 rings (SSSR count). The van der Waals surface area contributed by atoms with E-state index in [0.29, 0.717) is 24.2 Å². The van der Waals surface area contributed by atoms with E-state index in [1.165, 1.54) is 10.4 Å². The lowest BCUT2D eigenvalue weighted by atomic mass is 10.1. The van der Waals surface area contributed by atoms with Gasteiger partial charge in [0.25, 0.3) is 10.2 Å². The van der Waals surface area contributed by atoms with Crippen LogP contribution in [0, 0.1) is 5.82 Å². The van der Waals surface area contributed by atoms with Crippen LogP contribution >= 0.6 is 0 Å². The Kier molecular flexibility index (Phi) is 5.69. The molecule has 1 aromatic carbocycles. The van der Waals surface area contributed by atoms with Crippen molar-refractivity contribution < 1.29 is 12.8 Å². The van der Waals surface area contributed by atoms with Crippen LogP contribution in [0.3, 0.4) is 0 Å². The fourth-order valence-electron chi connectivity index (χ4n) is 2.40. The van der Waals surface area contributed by atoms with Gasteiger partial charge in [-0.3, -0.25) is 0 Å². The first kappa shape index (κ1) is 16.4. The maximum Gasteiger partial charge on any atom is 0.279 e. The van der Waals surface area contributed by atoms with Crippen molar-refractivity contribution in [1.82, 2.24) is 9.03 Å². The Bertz CT molecular complexity index is 570. The van der Waals surface area contributed by atoms with E-state index in [9.17, 15) is 12.8 Å². The van der Waals surface area contributed by atoms with Crippen LogP contribution in [0.2, 0.25) is 0 Å². The molecule has 0 spiro atoms. The van der Waals surface area contributed by atoms with E-state index in [1.807, 2.05) is 0 Å². The second-order valence-corrected chi connectivity index (χ2v) is 7.02. The zero-order valence-corrected chi connectivity index (χ0v) is 12.8. The van der Waals surface area contributed by atoms with Crippen molar-refractivity contribution >= 4 is 10.2 Å². The van der Waals surface area contributed by atoms with Crippen molar-refractivity contribution in [1.29, 1.82) is 0 Å². The van der Waals surface area contributed by atoms with Gasteiger partial charge in [-0.2, -0.15) is 17.4 Å². The molecule has 1 saturated heterocycles. The normalized spacial score (nSPS) is 17.6. The summed E-state index contributed by atoms with van der Waals surface area (Å²) >= 11 is 0. The minimum absolute atomic E-state index is 0.0461. The molecule has 0 aliphatic carbocycles. The smallest absolute Gasteiger partial charge is 0.279 e. The van der Waals surface area contributed by atoms with Gasteiger partial charge in [0.2, 0.25) is 0 Å². The van der Waals surface area contributed by atoms with Gasteiger partial charge in [-0.1, -0.05) is 25.0 Å². The number of nitrogens with zero attached hydrogens (tertiary/aromatic N) is 1. The van der Waals surface area contributed by atoms with E-state index in [2.05, 4.69) is 4.72 Å². The van der Waals surface area contributed by atoms with Crippen LogP contribution in [0.25, 0.3) is 0 Å². The van der Waals surface area contributed by atoms with Gasteiger partial charge in [-0.25, -0.2) is 4.39 Å². The van der Waals surface area contributed by atoms with Gasteiger partial charge in [-0.05, 0) is 24.5 Å². The Labute approximate surface area is 125 Å². The standard InChI is InChI=1S/C14H22FN3O2S/c15-14-9-12(10-16)5-6-13(14)11-17-21(19,20)18-7-3-1-2-4-8-18/h5-6,9,17H,1-4,7-8,10-11,16H2. The molecule has 0 atom stereocenters. The third-order valence-corrected chi connectivity index (χ3v) is 5.26. The molecule has 1 aromatic rings. The number of hydrogen-bond acceptors (Lipinski definition) is 3. The predicted octanol–water partition coefficient (Wildman–Crippen LogP) is 1.49. The highest BCUT2D eigenvalue weighted by atomic mass is 32.2. The molecule has 1 heterocycles. The van der Waals surface area contributed by atoms with E-state index in [4.69, 9.17) is 5.73 Å². The first-order valence-corrected chi connectivity index (χ1v) is 8.69. The highest BCUT2D eigenvalue weighted by Crippen LogP contribution is 2.14. The quantitative estimate of drug-likeness (QED) is 0.864. The predicted molar refractivity (Wildman–Crippen MR) is 80.1 cm³/mol. The van der Waals surface area contributed by atoms with Gasteiger partial charge in [0, 0.05) is 31.7 Å². The molecule has 0 unspecified atom stereocenters. The van der Waals surface area contributed by atoms with Crippen LogP contribution in [0.5, 0.6) is 0 Å². The minimum atomic E-state index is -3.55. The Hall–Kier alpha value is -1.02. The molecule has 0 saturated carbocycles. The zero-order valence-electron chi connectivity index (χ0n) is 12.0. The Morgan fingerprint density at radius 1 is 1.19 bits per heavy atom. The van der Waals surface area contributed by atoms with E-state index in [0.717, 1.165) is 25.7 Å². The SMILES string of the molecule is NCc1ccc(CNS(=O)(=O)N2CCCCCC2)c(F)c1. The summed E-state index contributed by atoms with van der Waals surface area (Å²) in [5.41, 5.74) is 6.45. The average molecular weight is 315 g/mol. The van der Waals surface area contributed by atoms with E-state index >= 15 is 0 Å². The number of nitrogens with one attached hydrogen (secondary N) is 1. The lowest BCUT2D eigenvalue weighted by Crippen LogP contribution is -2.41. The van der Waals surface area contributed by atoms with Crippen molar-refractivity contribution in [2.75, 3.05) is 13.1 Å². The maximum absolute atomic E-state index is 13.8. The van der Waals surface area contributed by atoms with E-state index in [-0.39, 0.29) is 13.1 Å². The maximum atomic E-state index is 13.8. The fourth-order valence-corrected chi connectivity index (χ4v) is 3.66. The average Bonchev–Trinajstić information content (AvgIpc) is 2.75. The first-order valence-electron chi connectivity index (χ1n) is 7.25. The van der Waals surface area contributed by atoms with Gasteiger partial charge in [-0.15, -0.1) is 0 Å². The number of rotatable bonds is 5. The minimum Gasteiger partial charge on any atom is -0.326 e. The summed E-state index contributed by atoms with van der Waals surface area (Å²) in [6, 6.07) is 4.62. The molecule has 0 bridgehead atoms. The summed E-state index contributed by atoms with van der Waals surface area (Å²) in [7, 11) is -3.55. The third-order valence-electron chi connectivity index (χ3n) is 3.70. The van der Waals surface area contributed by atoms with Crippen molar-refractivity contribution in [2.24, 2.45) is 5.73 Å².